The lowest BCUT2D eigenvalue weighted by molar-refractivity contribution is -0.155. The van der Waals surface area contributed by atoms with Crippen LogP contribution in [0.15, 0.2) is 0 Å². The van der Waals surface area contributed by atoms with Gasteiger partial charge in [0, 0.05) is 6.42 Å². The first-order valence-corrected chi connectivity index (χ1v) is 11.8. The monoisotopic (exact) mass is 389 g/mol. The van der Waals surface area contributed by atoms with E-state index in [0.29, 0.717) is 0 Å². The van der Waals surface area contributed by atoms with E-state index in [2.05, 4.69) is 33.9 Å². The van der Waals surface area contributed by atoms with Crippen LogP contribution < -0.4 is 0 Å². The van der Waals surface area contributed by atoms with E-state index in [-0.39, 0.29) is 11.5 Å². The summed E-state index contributed by atoms with van der Waals surface area (Å²) < 4.78 is 16.6. The second-order valence-electron chi connectivity index (χ2n) is 9.59. The van der Waals surface area contributed by atoms with Crippen molar-refractivity contribution in [3.05, 3.63) is 0 Å². The van der Waals surface area contributed by atoms with Crippen LogP contribution in [-0.4, -0.2) is 61.0 Å². The van der Waals surface area contributed by atoms with Crippen molar-refractivity contribution in [2.75, 3.05) is 7.11 Å². The lowest BCUT2D eigenvalue weighted by Gasteiger charge is -2.42. The van der Waals surface area contributed by atoms with Crippen LogP contribution in [-0.2, 0) is 18.7 Å². The number of carbonyl (C=O) groups is 2. The molecular weight excluding hydrogens is 354 g/mol. The summed E-state index contributed by atoms with van der Waals surface area (Å²) in [5.41, 5.74) is -2.44. The number of methoxy groups -OCH3 is 1. The summed E-state index contributed by atoms with van der Waals surface area (Å²) in [5.74, 6) is -0.600. The number of aliphatic hydroxyl groups is 1. The first-order valence-electron chi connectivity index (χ1n) is 8.94. The summed E-state index contributed by atoms with van der Waals surface area (Å²) in [6, 6.07) is -0.959. The van der Waals surface area contributed by atoms with Gasteiger partial charge in [0.25, 0.3) is 0 Å². The molecule has 0 aromatic heterocycles. The second kappa shape index (κ2) is 7.13. The lowest BCUT2D eigenvalue weighted by atomic mass is 10.1. The molecule has 1 N–H and O–H groups in total. The van der Waals surface area contributed by atoms with Crippen molar-refractivity contribution in [1.82, 2.24) is 4.90 Å². The zero-order chi connectivity index (χ0) is 20.7. The molecule has 0 aliphatic carbocycles. The molecule has 1 rings (SSSR count). The molecule has 8 heteroatoms. The average molecular weight is 390 g/mol. The Balaban J connectivity index is 3.23. The van der Waals surface area contributed by atoms with Crippen molar-refractivity contribution in [3.63, 3.8) is 0 Å². The number of hydrogen-bond donors (Lipinski definition) is 1. The Morgan fingerprint density at radius 3 is 2.04 bits per heavy atom. The fraction of sp³-hybridized carbons (Fsp3) is 0.889. The van der Waals surface area contributed by atoms with E-state index < -0.39 is 43.9 Å². The topological polar surface area (TPSA) is 85.3 Å². The van der Waals surface area contributed by atoms with Gasteiger partial charge in [-0.1, -0.05) is 20.8 Å². The predicted octanol–water partition coefficient (Wildman–Crippen LogP) is 3.27. The Bertz CT molecular complexity index is 547. The predicted molar refractivity (Wildman–Crippen MR) is 101 cm³/mol. The van der Waals surface area contributed by atoms with Gasteiger partial charge >= 0.3 is 12.1 Å². The van der Waals surface area contributed by atoms with Crippen molar-refractivity contribution in [3.8, 4) is 0 Å². The highest BCUT2D eigenvalue weighted by molar-refractivity contribution is 6.74. The zero-order valence-corrected chi connectivity index (χ0v) is 18.8. The summed E-state index contributed by atoms with van der Waals surface area (Å²) in [6.07, 6.45) is -1.31. The van der Waals surface area contributed by atoms with E-state index in [1.54, 1.807) is 20.8 Å². The first-order chi connectivity index (χ1) is 11.4. The minimum Gasteiger partial charge on any atom is -0.467 e. The molecule has 1 fully saturated rings. The average Bonchev–Trinajstić information content (AvgIpc) is 2.65. The minimum absolute atomic E-state index is 0.0802. The molecule has 0 aromatic carbocycles. The number of amides is 1. The largest absolute Gasteiger partial charge is 0.467 e. The van der Waals surface area contributed by atoms with Crippen LogP contribution in [0.2, 0.25) is 18.1 Å². The van der Waals surface area contributed by atoms with Crippen LogP contribution >= 0.6 is 0 Å². The molecule has 0 saturated carbocycles. The quantitative estimate of drug-likeness (QED) is 0.589. The van der Waals surface area contributed by atoms with Gasteiger partial charge in [0.2, 0.25) is 0 Å². The molecule has 1 unspecified atom stereocenters. The molecule has 1 amide bonds. The van der Waals surface area contributed by atoms with Gasteiger partial charge in [-0.25, -0.2) is 9.59 Å². The van der Waals surface area contributed by atoms with E-state index in [1.165, 1.54) is 14.0 Å². The molecule has 26 heavy (non-hydrogen) atoms. The highest BCUT2D eigenvalue weighted by atomic mass is 28.4. The molecule has 1 saturated heterocycles. The number of hydrogen-bond acceptors (Lipinski definition) is 6. The van der Waals surface area contributed by atoms with Crippen molar-refractivity contribution in [1.29, 1.82) is 0 Å². The Kier molecular flexibility index (Phi) is 6.28. The molecule has 0 bridgehead atoms. The highest BCUT2D eigenvalue weighted by Crippen LogP contribution is 2.43. The van der Waals surface area contributed by atoms with Crippen molar-refractivity contribution >= 4 is 20.4 Å². The third-order valence-electron chi connectivity index (χ3n) is 5.15. The maximum absolute atomic E-state index is 12.7. The first kappa shape index (κ1) is 22.9. The van der Waals surface area contributed by atoms with Crippen molar-refractivity contribution in [2.24, 2.45) is 0 Å². The molecule has 152 valence electrons. The number of carbonyl (C=O) groups excluding carboxylic acids is 2. The van der Waals surface area contributed by atoms with Gasteiger partial charge in [-0.2, -0.15) is 0 Å². The fourth-order valence-electron chi connectivity index (χ4n) is 2.66. The van der Waals surface area contributed by atoms with E-state index in [9.17, 15) is 14.7 Å². The Morgan fingerprint density at radius 1 is 1.15 bits per heavy atom. The van der Waals surface area contributed by atoms with Crippen molar-refractivity contribution in [2.45, 2.75) is 96.5 Å². The molecule has 1 aliphatic rings. The molecule has 7 nitrogen and oxygen atoms in total. The Morgan fingerprint density at radius 2 is 1.65 bits per heavy atom. The third-order valence-corrected chi connectivity index (χ3v) is 9.64. The number of likely N-dealkylation sites (tertiary alicyclic amines) is 1. The van der Waals surface area contributed by atoms with Gasteiger partial charge in [0.15, 0.2) is 14.0 Å². The third kappa shape index (κ3) is 4.78. The summed E-state index contributed by atoms with van der Waals surface area (Å²) >= 11 is 0. The van der Waals surface area contributed by atoms with Gasteiger partial charge in [-0.15, -0.1) is 0 Å². The number of nitrogens with zero attached hydrogens (tertiary/aromatic N) is 1. The molecule has 1 aliphatic heterocycles. The molecule has 0 aromatic rings. The molecule has 0 spiro atoms. The summed E-state index contributed by atoms with van der Waals surface area (Å²) in [6.45, 7) is 17.1. The summed E-state index contributed by atoms with van der Waals surface area (Å²) in [4.78, 5) is 26.0. The number of rotatable bonds is 3. The van der Waals surface area contributed by atoms with Crippen LogP contribution in [0.4, 0.5) is 4.79 Å². The van der Waals surface area contributed by atoms with Gasteiger partial charge in [-0.3, -0.25) is 4.90 Å². The molecule has 1 heterocycles. The van der Waals surface area contributed by atoms with E-state index >= 15 is 0 Å². The van der Waals surface area contributed by atoms with Gasteiger partial charge in [0.05, 0.1) is 13.2 Å². The summed E-state index contributed by atoms with van der Waals surface area (Å²) in [5, 5.41) is 11.1. The maximum atomic E-state index is 12.7. The van der Waals surface area contributed by atoms with Crippen LogP contribution in [0.3, 0.4) is 0 Å². The molecule has 3 atom stereocenters. The van der Waals surface area contributed by atoms with Crippen LogP contribution in [0.5, 0.6) is 0 Å². The Hall–Kier alpha value is -1.12. The zero-order valence-electron chi connectivity index (χ0n) is 17.8. The van der Waals surface area contributed by atoms with Crippen LogP contribution in [0.25, 0.3) is 0 Å². The van der Waals surface area contributed by atoms with Crippen LogP contribution in [0, 0.1) is 0 Å². The van der Waals surface area contributed by atoms with Crippen molar-refractivity contribution < 1.29 is 28.6 Å². The van der Waals surface area contributed by atoms with E-state index in [0.717, 1.165) is 4.90 Å². The SMILES string of the molecule is COC(=O)[C@H]1C[C@H](O[Si](C)(C)C(C)(C)C)C(C)(O)N1C(=O)OC(C)(C)C. The lowest BCUT2D eigenvalue weighted by Crippen LogP contribution is -2.58. The smallest absolute Gasteiger partial charge is 0.413 e. The highest BCUT2D eigenvalue weighted by Gasteiger charge is 2.58. The molecule has 0 radical (unpaired) electrons. The maximum Gasteiger partial charge on any atom is 0.413 e. The molecular formula is C18H35NO6Si. The normalized spacial score (nSPS) is 27.4. The number of esters is 1. The second-order valence-corrected chi connectivity index (χ2v) is 14.3. The number of ether oxygens (including phenoxy) is 2. The van der Waals surface area contributed by atoms with Gasteiger partial charge in [-0.05, 0) is 45.8 Å². The minimum atomic E-state index is -2.24. The van der Waals surface area contributed by atoms with E-state index in [4.69, 9.17) is 13.9 Å². The fourth-order valence-corrected chi connectivity index (χ4v) is 4.04. The van der Waals surface area contributed by atoms with Crippen LogP contribution in [0.1, 0.15) is 54.9 Å². The Labute approximate surface area is 158 Å². The summed E-state index contributed by atoms with van der Waals surface area (Å²) in [7, 11) is -0.979. The van der Waals surface area contributed by atoms with Gasteiger partial charge < -0.3 is 19.0 Å². The standard InChI is InChI=1S/C18H35NO6Si/c1-16(2,3)24-15(21)19-12(14(20)23-8)11-13(18(19,7)22)25-26(9,10)17(4,5)6/h12-13,22H,11H2,1-10H3/t12-,13+,18?/m1/s1. The van der Waals surface area contributed by atoms with E-state index in [1.807, 2.05) is 0 Å². The van der Waals surface area contributed by atoms with Gasteiger partial charge in [0.1, 0.15) is 11.6 Å².